The molecule has 4 rings (SSSR count). The first-order chi connectivity index (χ1) is 16.0. The van der Waals surface area contributed by atoms with Crippen molar-refractivity contribution < 1.29 is 14.6 Å². The minimum atomic E-state index is -0.695. The number of aliphatic hydroxyl groups excluding tert-OH is 1. The number of aliphatic hydroxyl groups is 1. The molecule has 1 saturated heterocycles. The van der Waals surface area contributed by atoms with E-state index >= 15 is 0 Å². The molecular formula is C26H26BrClN2O3. The molecule has 5 nitrogen and oxygen atoms in total. The van der Waals surface area contributed by atoms with Crippen molar-refractivity contribution in [2.75, 3.05) is 13.1 Å². The maximum absolute atomic E-state index is 12.7. The summed E-state index contributed by atoms with van der Waals surface area (Å²) in [5.74, 6) is 0. The molecule has 1 aliphatic heterocycles. The van der Waals surface area contributed by atoms with Gasteiger partial charge in [-0.25, -0.2) is 4.79 Å². The second-order valence-electron chi connectivity index (χ2n) is 8.17. The molecule has 33 heavy (non-hydrogen) atoms. The van der Waals surface area contributed by atoms with Crippen molar-refractivity contribution in [2.45, 2.75) is 31.8 Å². The Morgan fingerprint density at radius 2 is 1.61 bits per heavy atom. The third-order valence-electron chi connectivity index (χ3n) is 5.85. The van der Waals surface area contributed by atoms with E-state index in [1.165, 1.54) is 0 Å². The highest BCUT2D eigenvalue weighted by molar-refractivity contribution is 9.10. The van der Waals surface area contributed by atoms with Crippen LogP contribution < -0.4 is 0 Å². The summed E-state index contributed by atoms with van der Waals surface area (Å²) >= 11 is 10.1. The monoisotopic (exact) mass is 528 g/mol. The zero-order valence-electron chi connectivity index (χ0n) is 18.1. The lowest BCUT2D eigenvalue weighted by Gasteiger charge is -2.31. The van der Waals surface area contributed by atoms with Crippen LogP contribution in [0.1, 0.15) is 16.7 Å². The van der Waals surface area contributed by atoms with Crippen LogP contribution in [-0.4, -0.2) is 46.2 Å². The Kier molecular flexibility index (Phi) is 8.04. The van der Waals surface area contributed by atoms with Crippen LogP contribution in [-0.2, 0) is 24.4 Å². The van der Waals surface area contributed by atoms with Crippen molar-refractivity contribution >= 4 is 33.6 Å². The molecular weight excluding hydrogens is 504 g/mol. The van der Waals surface area contributed by atoms with Gasteiger partial charge in [0.15, 0.2) is 0 Å². The zero-order chi connectivity index (χ0) is 23.2. The number of hydrogen-bond donors (Lipinski definition) is 1. The minimum Gasteiger partial charge on any atom is -0.445 e. The van der Waals surface area contributed by atoms with Crippen molar-refractivity contribution in [3.63, 3.8) is 0 Å². The van der Waals surface area contributed by atoms with Gasteiger partial charge in [-0.3, -0.25) is 4.90 Å². The van der Waals surface area contributed by atoms with Crippen LogP contribution in [0.3, 0.4) is 0 Å². The fraction of sp³-hybridized carbons (Fsp3) is 0.269. The SMILES string of the molecule is O=C(OCc1ccccc1)N1C[C@@H](O)[C@H](N(Cc2ccccc2Cl)Cc2ccccc2Br)C1. The van der Waals surface area contributed by atoms with Crippen molar-refractivity contribution in [1.29, 1.82) is 0 Å². The van der Waals surface area contributed by atoms with Gasteiger partial charge in [-0.2, -0.15) is 0 Å². The van der Waals surface area contributed by atoms with E-state index in [0.29, 0.717) is 24.7 Å². The molecule has 7 heteroatoms. The van der Waals surface area contributed by atoms with E-state index in [1.807, 2.05) is 72.8 Å². The molecule has 0 spiro atoms. The molecule has 2 atom stereocenters. The summed E-state index contributed by atoms with van der Waals surface area (Å²) < 4.78 is 6.49. The van der Waals surface area contributed by atoms with Crippen molar-refractivity contribution in [1.82, 2.24) is 9.80 Å². The summed E-state index contributed by atoms with van der Waals surface area (Å²) in [6.45, 7) is 1.96. The Morgan fingerprint density at radius 3 is 2.33 bits per heavy atom. The van der Waals surface area contributed by atoms with Crippen molar-refractivity contribution in [3.05, 3.63) is 105 Å². The number of nitrogens with zero attached hydrogens (tertiary/aromatic N) is 2. The fourth-order valence-electron chi connectivity index (χ4n) is 4.07. The molecule has 172 valence electrons. The lowest BCUT2D eigenvalue weighted by Crippen LogP contribution is -2.42. The Morgan fingerprint density at radius 1 is 0.970 bits per heavy atom. The first-order valence-corrected chi connectivity index (χ1v) is 12.0. The summed E-state index contributed by atoms with van der Waals surface area (Å²) in [6.07, 6.45) is -1.11. The van der Waals surface area contributed by atoms with Gasteiger partial charge in [0, 0.05) is 29.1 Å². The first kappa shape index (κ1) is 23.8. The predicted octanol–water partition coefficient (Wildman–Crippen LogP) is 5.49. The van der Waals surface area contributed by atoms with Crippen molar-refractivity contribution in [2.24, 2.45) is 0 Å². The fourth-order valence-corrected chi connectivity index (χ4v) is 4.67. The lowest BCUT2D eigenvalue weighted by atomic mass is 10.1. The second-order valence-corrected chi connectivity index (χ2v) is 9.43. The molecule has 1 aliphatic rings. The van der Waals surface area contributed by atoms with Crippen LogP contribution in [0.2, 0.25) is 5.02 Å². The molecule has 3 aromatic carbocycles. The van der Waals surface area contributed by atoms with Gasteiger partial charge < -0.3 is 14.7 Å². The lowest BCUT2D eigenvalue weighted by molar-refractivity contribution is 0.0727. The van der Waals surface area contributed by atoms with Gasteiger partial charge in [0.05, 0.1) is 18.7 Å². The number of halogens is 2. The summed E-state index contributed by atoms with van der Waals surface area (Å²) in [5, 5.41) is 11.6. The van der Waals surface area contributed by atoms with E-state index in [4.69, 9.17) is 16.3 Å². The standard InChI is InChI=1S/C26H26BrClN2O3/c27-22-12-6-4-10-20(22)14-29(15-21-11-5-7-13-23(21)28)24-16-30(17-25(24)31)26(32)33-18-19-8-2-1-3-9-19/h1-13,24-25,31H,14-18H2/t24-,25-/m1/s1. The largest absolute Gasteiger partial charge is 0.445 e. The van der Waals surface area contributed by atoms with E-state index in [1.54, 1.807) is 4.90 Å². The molecule has 0 aliphatic carbocycles. The molecule has 0 bridgehead atoms. The number of rotatable bonds is 7. The Hall–Kier alpha value is -2.38. The Bertz CT molecular complexity index is 1030. The third-order valence-corrected chi connectivity index (χ3v) is 7.00. The van der Waals surface area contributed by atoms with Gasteiger partial charge in [0.1, 0.15) is 6.61 Å². The van der Waals surface area contributed by atoms with Gasteiger partial charge in [-0.1, -0.05) is 94.3 Å². The number of β-amino-alcohol motifs (C(OH)–C–C–N with tert-alkyl or cyclic N) is 1. The molecule has 0 aromatic heterocycles. The van der Waals surface area contributed by atoms with Crippen LogP contribution in [0.4, 0.5) is 4.79 Å². The molecule has 0 radical (unpaired) electrons. The molecule has 1 N–H and O–H groups in total. The molecule has 3 aromatic rings. The molecule has 1 heterocycles. The van der Waals surface area contributed by atoms with Crippen LogP contribution >= 0.6 is 27.5 Å². The van der Waals surface area contributed by atoms with E-state index in [9.17, 15) is 9.90 Å². The van der Waals surface area contributed by atoms with Gasteiger partial charge in [0.2, 0.25) is 0 Å². The number of carbonyl (C=O) groups excluding carboxylic acids is 1. The maximum atomic E-state index is 12.7. The predicted molar refractivity (Wildman–Crippen MR) is 133 cm³/mol. The van der Waals surface area contributed by atoms with Crippen LogP contribution in [0, 0.1) is 0 Å². The second kappa shape index (κ2) is 11.2. The van der Waals surface area contributed by atoms with E-state index < -0.39 is 12.2 Å². The van der Waals surface area contributed by atoms with E-state index in [-0.39, 0.29) is 19.2 Å². The molecule has 0 saturated carbocycles. The number of ether oxygens (including phenoxy) is 1. The first-order valence-electron chi connectivity index (χ1n) is 10.9. The average Bonchev–Trinajstić information content (AvgIpc) is 3.22. The highest BCUT2D eigenvalue weighted by Crippen LogP contribution is 2.27. The molecule has 0 unspecified atom stereocenters. The maximum Gasteiger partial charge on any atom is 0.410 e. The topological polar surface area (TPSA) is 53.0 Å². The number of benzene rings is 3. The zero-order valence-corrected chi connectivity index (χ0v) is 20.5. The van der Waals surface area contributed by atoms with Crippen LogP contribution in [0.15, 0.2) is 83.3 Å². The number of hydrogen-bond acceptors (Lipinski definition) is 4. The van der Waals surface area contributed by atoms with E-state index in [0.717, 1.165) is 21.2 Å². The highest BCUT2D eigenvalue weighted by atomic mass is 79.9. The molecule has 1 fully saturated rings. The van der Waals surface area contributed by atoms with Gasteiger partial charge in [-0.05, 0) is 28.8 Å². The summed E-state index contributed by atoms with van der Waals surface area (Å²) in [6, 6.07) is 25.0. The van der Waals surface area contributed by atoms with E-state index in [2.05, 4.69) is 26.9 Å². The Labute approximate surface area is 207 Å². The summed E-state index contributed by atoms with van der Waals surface area (Å²) in [7, 11) is 0. The summed E-state index contributed by atoms with van der Waals surface area (Å²) in [4.78, 5) is 16.5. The number of likely N-dealkylation sites (tertiary alicyclic amines) is 1. The number of amides is 1. The quantitative estimate of drug-likeness (QED) is 0.440. The smallest absolute Gasteiger partial charge is 0.410 e. The average molecular weight is 530 g/mol. The number of carbonyl (C=O) groups is 1. The highest BCUT2D eigenvalue weighted by Gasteiger charge is 2.38. The third kappa shape index (κ3) is 6.15. The van der Waals surface area contributed by atoms with Crippen LogP contribution in [0.25, 0.3) is 0 Å². The van der Waals surface area contributed by atoms with Crippen molar-refractivity contribution in [3.8, 4) is 0 Å². The van der Waals surface area contributed by atoms with Gasteiger partial charge in [-0.15, -0.1) is 0 Å². The van der Waals surface area contributed by atoms with Gasteiger partial charge >= 0.3 is 6.09 Å². The normalized spacial score (nSPS) is 18.0. The summed E-state index contributed by atoms with van der Waals surface area (Å²) in [5.41, 5.74) is 3.00. The van der Waals surface area contributed by atoms with Gasteiger partial charge in [0.25, 0.3) is 0 Å². The minimum absolute atomic E-state index is 0.206. The Balaban J connectivity index is 1.49. The molecule has 1 amide bonds. The van der Waals surface area contributed by atoms with Crippen LogP contribution in [0.5, 0.6) is 0 Å².